The average Bonchev–Trinajstić information content (AvgIpc) is 2.45. The normalized spacial score (nSPS) is 10.7. The van der Waals surface area contributed by atoms with Gasteiger partial charge >= 0.3 is 0 Å². The minimum Gasteiger partial charge on any atom is -1.00 e. The van der Waals surface area contributed by atoms with Crippen molar-refractivity contribution in [2.75, 3.05) is 0 Å². The molecule has 0 saturated heterocycles. The second-order valence-corrected chi connectivity index (χ2v) is 4.60. The summed E-state index contributed by atoms with van der Waals surface area (Å²) in [6.07, 6.45) is 4.28. The highest BCUT2D eigenvalue weighted by Gasteiger charge is 2.06. The zero-order valence-electron chi connectivity index (χ0n) is 10.3. The molecule has 0 atom stereocenters. The van der Waals surface area contributed by atoms with E-state index in [0.717, 1.165) is 0 Å². The molecular weight excluding hydrogens is 298 g/mol. The summed E-state index contributed by atoms with van der Waals surface area (Å²) in [5.74, 6) is 0. The molecule has 0 fully saturated rings. The Kier molecular flexibility index (Phi) is 2.96. The molecule has 0 aliphatic rings. The molecule has 4 aromatic rings. The SMILES string of the molecule is [Br-].c1ccc2c(c1)ccc1c[n+]3ccccc3cc12. The van der Waals surface area contributed by atoms with Gasteiger partial charge in [0, 0.05) is 29.0 Å². The minimum atomic E-state index is 0. The van der Waals surface area contributed by atoms with Crippen molar-refractivity contribution in [2.45, 2.75) is 0 Å². The second-order valence-electron chi connectivity index (χ2n) is 4.60. The molecule has 2 aromatic carbocycles. The Morgan fingerprint density at radius 1 is 0.684 bits per heavy atom. The zero-order chi connectivity index (χ0) is 11.9. The molecule has 2 heteroatoms. The number of rotatable bonds is 0. The first-order chi connectivity index (χ1) is 8.92. The molecule has 4 rings (SSSR count). The first kappa shape index (κ1) is 12.1. The number of hydrogen-bond acceptors (Lipinski definition) is 0. The Morgan fingerprint density at radius 2 is 1.47 bits per heavy atom. The Labute approximate surface area is 121 Å². The van der Waals surface area contributed by atoms with Crippen LogP contribution in [-0.4, -0.2) is 0 Å². The molecule has 0 bridgehead atoms. The van der Waals surface area contributed by atoms with Gasteiger partial charge in [0.2, 0.25) is 5.52 Å². The molecule has 0 radical (unpaired) electrons. The second kappa shape index (κ2) is 4.63. The summed E-state index contributed by atoms with van der Waals surface area (Å²) in [5, 5.41) is 5.21. The van der Waals surface area contributed by atoms with Crippen molar-refractivity contribution in [2.24, 2.45) is 0 Å². The van der Waals surface area contributed by atoms with Crippen molar-refractivity contribution < 1.29 is 21.4 Å². The van der Waals surface area contributed by atoms with Gasteiger partial charge in [0.1, 0.15) is 0 Å². The van der Waals surface area contributed by atoms with Crippen LogP contribution in [0.4, 0.5) is 0 Å². The fourth-order valence-electron chi connectivity index (χ4n) is 2.59. The number of benzene rings is 2. The van der Waals surface area contributed by atoms with E-state index in [9.17, 15) is 0 Å². The first-order valence-electron chi connectivity index (χ1n) is 6.13. The predicted molar refractivity (Wildman–Crippen MR) is 74.6 cm³/mol. The Hall–Kier alpha value is -1.93. The topological polar surface area (TPSA) is 4.10 Å². The lowest BCUT2D eigenvalue weighted by Crippen LogP contribution is -3.00. The van der Waals surface area contributed by atoms with E-state index >= 15 is 0 Å². The highest BCUT2D eigenvalue weighted by molar-refractivity contribution is 6.07. The first-order valence-corrected chi connectivity index (χ1v) is 6.13. The highest BCUT2D eigenvalue weighted by atomic mass is 79.9. The molecule has 2 heterocycles. The maximum absolute atomic E-state index is 2.26. The van der Waals surface area contributed by atoms with E-state index in [1.54, 1.807) is 0 Å². The molecule has 0 amide bonds. The van der Waals surface area contributed by atoms with Crippen molar-refractivity contribution in [1.29, 1.82) is 0 Å². The van der Waals surface area contributed by atoms with Crippen LogP contribution in [0.15, 0.2) is 73.1 Å². The smallest absolute Gasteiger partial charge is 0.211 e. The number of pyridine rings is 2. The lowest BCUT2D eigenvalue weighted by atomic mass is 10.0. The van der Waals surface area contributed by atoms with Crippen LogP contribution in [0, 0.1) is 0 Å². The lowest BCUT2D eigenvalue weighted by molar-refractivity contribution is -0.510. The fraction of sp³-hybridized carbons (Fsp3) is 0. The maximum atomic E-state index is 2.26. The van der Waals surface area contributed by atoms with Gasteiger partial charge in [-0.05, 0) is 22.9 Å². The number of hydrogen-bond donors (Lipinski definition) is 0. The molecule has 0 spiro atoms. The molecule has 19 heavy (non-hydrogen) atoms. The third kappa shape index (κ3) is 1.89. The molecule has 0 aliphatic heterocycles. The van der Waals surface area contributed by atoms with Crippen LogP contribution in [0.5, 0.6) is 0 Å². The van der Waals surface area contributed by atoms with Crippen molar-refractivity contribution in [3.63, 3.8) is 0 Å². The van der Waals surface area contributed by atoms with Crippen LogP contribution in [0.1, 0.15) is 0 Å². The number of nitrogens with zero attached hydrogens (tertiary/aromatic N) is 1. The summed E-state index contributed by atoms with van der Waals surface area (Å²) in [5.41, 5.74) is 1.22. The molecule has 2 aromatic heterocycles. The van der Waals surface area contributed by atoms with E-state index in [2.05, 4.69) is 77.5 Å². The monoisotopic (exact) mass is 309 g/mol. The van der Waals surface area contributed by atoms with E-state index in [-0.39, 0.29) is 17.0 Å². The minimum absolute atomic E-state index is 0. The third-order valence-electron chi connectivity index (χ3n) is 3.50. The van der Waals surface area contributed by atoms with Crippen molar-refractivity contribution in [1.82, 2.24) is 0 Å². The van der Waals surface area contributed by atoms with Crippen LogP contribution in [0.2, 0.25) is 0 Å². The van der Waals surface area contributed by atoms with Crippen molar-refractivity contribution in [3.8, 4) is 0 Å². The summed E-state index contributed by atoms with van der Waals surface area (Å²) < 4.78 is 2.16. The molecule has 0 saturated carbocycles. The highest BCUT2D eigenvalue weighted by Crippen LogP contribution is 2.24. The molecule has 1 nitrogen and oxygen atoms in total. The average molecular weight is 310 g/mol. The number of aromatic nitrogens is 1. The maximum Gasteiger partial charge on any atom is 0.211 e. The van der Waals surface area contributed by atoms with Crippen molar-refractivity contribution in [3.05, 3.63) is 73.1 Å². The molecular formula is C17H12BrN. The summed E-state index contributed by atoms with van der Waals surface area (Å²) >= 11 is 0. The third-order valence-corrected chi connectivity index (χ3v) is 3.50. The van der Waals surface area contributed by atoms with E-state index in [1.165, 1.54) is 27.1 Å². The van der Waals surface area contributed by atoms with Gasteiger partial charge in [0.25, 0.3) is 0 Å². The Bertz CT molecular complexity index is 877. The van der Waals surface area contributed by atoms with E-state index in [1.807, 2.05) is 0 Å². The van der Waals surface area contributed by atoms with Crippen LogP contribution >= 0.6 is 0 Å². The largest absolute Gasteiger partial charge is 1.00 e. The molecule has 92 valence electrons. The van der Waals surface area contributed by atoms with Crippen molar-refractivity contribution >= 4 is 27.1 Å². The van der Waals surface area contributed by atoms with Crippen LogP contribution in [0.25, 0.3) is 27.1 Å². The predicted octanol–water partition coefficient (Wildman–Crippen LogP) is 0.736. The van der Waals surface area contributed by atoms with E-state index < -0.39 is 0 Å². The summed E-state index contributed by atoms with van der Waals surface area (Å²) in [7, 11) is 0. The van der Waals surface area contributed by atoms with Gasteiger partial charge < -0.3 is 17.0 Å². The van der Waals surface area contributed by atoms with Gasteiger partial charge in [-0.1, -0.05) is 30.3 Å². The quantitative estimate of drug-likeness (QED) is 0.256. The standard InChI is InChI=1S/C17H12N.BrH/c1-2-7-16-13(5-1)8-9-14-12-18-10-4-3-6-15(18)11-17(14)16;/h1-12H;1H/q+1;/p-1. The molecule has 0 unspecified atom stereocenters. The van der Waals surface area contributed by atoms with Gasteiger partial charge in [-0.25, -0.2) is 0 Å². The van der Waals surface area contributed by atoms with Crippen LogP contribution in [-0.2, 0) is 0 Å². The van der Waals surface area contributed by atoms with Crippen LogP contribution in [0.3, 0.4) is 0 Å². The van der Waals surface area contributed by atoms with Crippen LogP contribution < -0.4 is 21.4 Å². The zero-order valence-corrected chi connectivity index (χ0v) is 11.8. The Morgan fingerprint density at radius 3 is 2.42 bits per heavy atom. The summed E-state index contributed by atoms with van der Waals surface area (Å²) in [4.78, 5) is 0. The van der Waals surface area contributed by atoms with E-state index in [4.69, 9.17) is 0 Å². The fourth-order valence-corrected chi connectivity index (χ4v) is 2.59. The van der Waals surface area contributed by atoms with Gasteiger partial charge in [-0.3, -0.25) is 0 Å². The Balaban J connectivity index is 0.00000110. The number of fused-ring (bicyclic) bond motifs is 4. The number of halogens is 1. The van der Waals surface area contributed by atoms with Gasteiger partial charge in [-0.2, -0.15) is 4.40 Å². The van der Waals surface area contributed by atoms with Gasteiger partial charge in [0.05, 0.1) is 0 Å². The molecule has 0 aliphatic carbocycles. The lowest BCUT2D eigenvalue weighted by Gasteiger charge is -2.02. The summed E-state index contributed by atoms with van der Waals surface area (Å²) in [6, 6.07) is 21.5. The van der Waals surface area contributed by atoms with E-state index in [0.29, 0.717) is 0 Å². The summed E-state index contributed by atoms with van der Waals surface area (Å²) in [6.45, 7) is 0. The van der Waals surface area contributed by atoms with Gasteiger partial charge in [-0.15, -0.1) is 0 Å². The van der Waals surface area contributed by atoms with Gasteiger partial charge in [0.15, 0.2) is 12.4 Å². The molecule has 0 N–H and O–H groups in total.